The lowest BCUT2D eigenvalue weighted by Gasteiger charge is -2.30. The van der Waals surface area contributed by atoms with E-state index in [4.69, 9.17) is 0 Å². The molecule has 108 valence electrons. The van der Waals surface area contributed by atoms with Crippen molar-refractivity contribution in [1.29, 1.82) is 0 Å². The van der Waals surface area contributed by atoms with Crippen molar-refractivity contribution in [2.75, 3.05) is 0 Å². The van der Waals surface area contributed by atoms with Gasteiger partial charge in [-0.25, -0.2) is 0 Å². The average Bonchev–Trinajstić information content (AvgIpc) is 2.36. The Kier molecular flexibility index (Phi) is 4.73. The van der Waals surface area contributed by atoms with Crippen LogP contribution in [0.15, 0.2) is 41.9 Å². The van der Waals surface area contributed by atoms with Crippen LogP contribution in [0.4, 0.5) is 0 Å². The van der Waals surface area contributed by atoms with Crippen molar-refractivity contribution in [3.63, 3.8) is 0 Å². The normalized spacial score (nSPS) is 21.9. The summed E-state index contributed by atoms with van der Waals surface area (Å²) in [6, 6.07) is 3.30. The van der Waals surface area contributed by atoms with Crippen LogP contribution < -0.4 is 0 Å². The molecule has 0 bridgehead atoms. The summed E-state index contributed by atoms with van der Waals surface area (Å²) in [7, 11) is 0. The monoisotopic (exact) mass is 532 g/mol. The molecule has 1 atom stereocenters. The zero-order chi connectivity index (χ0) is 15.2. The molecule has 1 aromatic rings. The molecule has 20 heavy (non-hydrogen) atoms. The van der Waals surface area contributed by atoms with Crippen LogP contribution >= 0.6 is 63.7 Å². The van der Waals surface area contributed by atoms with E-state index in [0.29, 0.717) is 14.5 Å². The molecule has 0 saturated carbocycles. The highest BCUT2D eigenvalue weighted by molar-refractivity contribution is 9.12. The number of aliphatic hydroxyl groups excluding tert-OH is 1. The van der Waals surface area contributed by atoms with Gasteiger partial charge in [-0.2, -0.15) is 0 Å². The molecule has 8 heteroatoms. The molecular formula is C12H8Br4O4. The number of allylic oxidation sites excluding steroid dienone is 1. The van der Waals surface area contributed by atoms with Crippen LogP contribution in [0.5, 0.6) is 5.75 Å². The van der Waals surface area contributed by atoms with Gasteiger partial charge in [0, 0.05) is 10.0 Å². The molecular weight excluding hydrogens is 528 g/mol. The number of benzene rings is 1. The summed E-state index contributed by atoms with van der Waals surface area (Å²) >= 11 is 12.5. The Hall–Kier alpha value is 0.140. The first-order valence-electron chi connectivity index (χ1n) is 5.25. The molecule has 0 amide bonds. The van der Waals surface area contributed by atoms with Gasteiger partial charge in [-0.05, 0) is 59.9 Å². The van der Waals surface area contributed by atoms with E-state index in [1.807, 2.05) is 0 Å². The fourth-order valence-electron chi connectivity index (χ4n) is 1.82. The van der Waals surface area contributed by atoms with Gasteiger partial charge in [0.05, 0.1) is 19.4 Å². The zero-order valence-electron chi connectivity index (χ0n) is 9.61. The van der Waals surface area contributed by atoms with Gasteiger partial charge in [-0.15, -0.1) is 0 Å². The van der Waals surface area contributed by atoms with Gasteiger partial charge >= 0.3 is 0 Å². The molecule has 1 aliphatic carbocycles. The number of rotatable bonds is 1. The second-order valence-electron chi connectivity index (χ2n) is 4.19. The summed E-state index contributed by atoms with van der Waals surface area (Å²) in [5.74, 6) is -3.37. The minimum Gasteiger partial charge on any atom is -0.510 e. The number of aliphatic hydroxyl groups is 3. The predicted molar refractivity (Wildman–Crippen MR) is 89.0 cm³/mol. The first-order valence-corrected chi connectivity index (χ1v) is 8.43. The van der Waals surface area contributed by atoms with Gasteiger partial charge in [-0.1, -0.05) is 22.0 Å². The van der Waals surface area contributed by atoms with Gasteiger partial charge in [0.15, 0.2) is 0 Å². The summed E-state index contributed by atoms with van der Waals surface area (Å²) in [6.07, 6.45) is 1.41. The molecule has 4 N–H and O–H groups in total. The van der Waals surface area contributed by atoms with Crippen molar-refractivity contribution in [2.24, 2.45) is 0 Å². The molecule has 0 saturated heterocycles. The minimum atomic E-state index is -2.32. The Morgan fingerprint density at radius 1 is 1.00 bits per heavy atom. The number of hydrogen-bond donors (Lipinski definition) is 4. The first-order chi connectivity index (χ1) is 9.16. The molecule has 0 spiro atoms. The lowest BCUT2D eigenvalue weighted by atomic mass is 9.90. The largest absolute Gasteiger partial charge is 0.510 e. The summed E-state index contributed by atoms with van der Waals surface area (Å²) in [6.45, 7) is 0. The number of hydrogen-bond acceptors (Lipinski definition) is 4. The lowest BCUT2D eigenvalue weighted by molar-refractivity contribution is -0.0837. The molecule has 0 radical (unpaired) electrons. The Balaban J connectivity index is 2.63. The second kappa shape index (κ2) is 5.73. The summed E-state index contributed by atoms with van der Waals surface area (Å²) in [5.41, 5.74) is 0.410. The van der Waals surface area contributed by atoms with Crippen molar-refractivity contribution >= 4 is 63.7 Å². The van der Waals surface area contributed by atoms with Gasteiger partial charge in [0.25, 0.3) is 0 Å². The molecule has 1 unspecified atom stereocenters. The second-order valence-corrected chi connectivity index (χ2v) is 7.61. The van der Waals surface area contributed by atoms with E-state index in [0.717, 1.165) is 0 Å². The molecule has 2 rings (SSSR count). The maximum Gasteiger partial charge on any atom is 0.233 e. The summed E-state index contributed by atoms with van der Waals surface area (Å²) in [4.78, 5) is 0. The van der Waals surface area contributed by atoms with Crippen molar-refractivity contribution in [1.82, 2.24) is 0 Å². The minimum absolute atomic E-state index is 0.0371. The van der Waals surface area contributed by atoms with Crippen LogP contribution in [0.25, 0.3) is 0 Å². The first kappa shape index (κ1) is 16.5. The van der Waals surface area contributed by atoms with Gasteiger partial charge in [-0.3, -0.25) is 0 Å². The molecule has 4 nitrogen and oxygen atoms in total. The number of aromatic hydroxyl groups is 1. The number of phenols is 1. The highest BCUT2D eigenvalue weighted by atomic mass is 79.9. The maximum absolute atomic E-state index is 10.2. The molecule has 0 aliphatic heterocycles. The van der Waals surface area contributed by atoms with Crippen molar-refractivity contribution < 1.29 is 20.4 Å². The zero-order valence-corrected chi connectivity index (χ0v) is 16.0. The molecule has 1 aromatic carbocycles. The highest BCUT2D eigenvalue weighted by Crippen LogP contribution is 2.47. The van der Waals surface area contributed by atoms with Crippen LogP contribution in [0, 0.1) is 0 Å². The molecule has 0 heterocycles. The third-order valence-electron chi connectivity index (χ3n) is 2.86. The van der Waals surface area contributed by atoms with Gasteiger partial charge in [0.2, 0.25) is 5.79 Å². The van der Waals surface area contributed by atoms with Crippen LogP contribution in [0.1, 0.15) is 11.5 Å². The van der Waals surface area contributed by atoms with Crippen molar-refractivity contribution in [3.8, 4) is 5.75 Å². The van der Waals surface area contributed by atoms with E-state index in [9.17, 15) is 20.4 Å². The standard InChI is InChI=1S/C12H8Br4O4/c13-4-1-5(9(17)7(14)2-4)6-3-8(15)12(19,20)11(16)10(6)18/h1-3,6,17-20H. The van der Waals surface area contributed by atoms with Crippen LogP contribution in [0.3, 0.4) is 0 Å². The van der Waals surface area contributed by atoms with E-state index in [1.165, 1.54) is 6.08 Å². The quantitative estimate of drug-likeness (QED) is 0.408. The Morgan fingerprint density at radius 2 is 1.60 bits per heavy atom. The topological polar surface area (TPSA) is 80.9 Å². The Labute approximate surface area is 148 Å². The van der Waals surface area contributed by atoms with Crippen molar-refractivity contribution in [3.05, 3.63) is 47.4 Å². The van der Waals surface area contributed by atoms with Crippen LogP contribution in [-0.2, 0) is 0 Å². The maximum atomic E-state index is 10.2. The van der Waals surface area contributed by atoms with E-state index in [-0.39, 0.29) is 20.5 Å². The highest BCUT2D eigenvalue weighted by Gasteiger charge is 2.40. The van der Waals surface area contributed by atoms with Crippen LogP contribution in [0.2, 0.25) is 0 Å². The summed E-state index contributed by atoms with van der Waals surface area (Å²) < 4.78 is 1.05. The van der Waals surface area contributed by atoms with Gasteiger partial charge in [0.1, 0.15) is 11.5 Å². The molecule has 1 aliphatic rings. The predicted octanol–water partition coefficient (Wildman–Crippen LogP) is 4.14. The van der Waals surface area contributed by atoms with Crippen molar-refractivity contribution in [2.45, 2.75) is 11.7 Å². The average molecular weight is 536 g/mol. The summed E-state index contributed by atoms with van der Waals surface area (Å²) in [5, 5.41) is 39.9. The number of phenolic OH excluding ortho intramolecular Hbond substituents is 1. The number of halogens is 4. The van der Waals surface area contributed by atoms with Gasteiger partial charge < -0.3 is 20.4 Å². The van der Waals surface area contributed by atoms with E-state index in [2.05, 4.69) is 63.7 Å². The third kappa shape index (κ3) is 2.74. The SMILES string of the molecule is OC1=C(Br)C(O)(O)C(Br)=CC1c1cc(Br)cc(Br)c1O. The van der Waals surface area contributed by atoms with Crippen LogP contribution in [-0.4, -0.2) is 26.2 Å². The molecule has 0 aromatic heterocycles. The Morgan fingerprint density at radius 3 is 2.20 bits per heavy atom. The van der Waals surface area contributed by atoms with E-state index >= 15 is 0 Å². The fraction of sp³-hybridized carbons (Fsp3) is 0.167. The Bertz CT molecular complexity index is 637. The lowest BCUT2D eigenvalue weighted by Crippen LogP contribution is -2.33. The smallest absolute Gasteiger partial charge is 0.233 e. The van der Waals surface area contributed by atoms with E-state index < -0.39 is 11.7 Å². The fourth-order valence-corrected chi connectivity index (χ4v) is 4.27. The third-order valence-corrected chi connectivity index (χ3v) is 5.70. The van der Waals surface area contributed by atoms with E-state index in [1.54, 1.807) is 12.1 Å². The molecule has 0 fully saturated rings.